The summed E-state index contributed by atoms with van der Waals surface area (Å²) in [7, 11) is 0. The van der Waals surface area contributed by atoms with Crippen LogP contribution in [0.15, 0.2) is 60.7 Å². The van der Waals surface area contributed by atoms with Crippen LogP contribution in [-0.2, 0) is 9.59 Å². The van der Waals surface area contributed by atoms with Crippen LogP contribution in [0.4, 0.5) is 5.69 Å². The maximum absolute atomic E-state index is 12.5. The first-order chi connectivity index (χ1) is 12.6. The number of carbonyl (C=O) groups is 2. The average Bonchev–Trinajstić information content (AvgIpc) is 2.69. The van der Waals surface area contributed by atoms with Crippen LogP contribution in [-0.4, -0.2) is 29.8 Å². The van der Waals surface area contributed by atoms with Crippen molar-refractivity contribution >= 4 is 29.9 Å². The zero-order valence-corrected chi connectivity index (χ0v) is 16.0. The lowest BCUT2D eigenvalue weighted by atomic mass is 9.95. The lowest BCUT2D eigenvalue weighted by Crippen LogP contribution is -2.42. The molecule has 144 valence electrons. The SMILES string of the molecule is Cl.NC(CC(=O)N1CCC(C(=O)Nc2ccccc2)CC1)c1ccccc1. The molecule has 1 saturated heterocycles. The van der Waals surface area contributed by atoms with Crippen molar-refractivity contribution in [2.75, 3.05) is 18.4 Å². The van der Waals surface area contributed by atoms with Crippen LogP contribution >= 0.6 is 12.4 Å². The molecule has 0 bridgehead atoms. The molecule has 3 rings (SSSR count). The third kappa shape index (κ3) is 5.81. The van der Waals surface area contributed by atoms with Gasteiger partial charge in [0.15, 0.2) is 0 Å². The number of hydrogen-bond donors (Lipinski definition) is 2. The van der Waals surface area contributed by atoms with Gasteiger partial charge in [0.1, 0.15) is 0 Å². The minimum Gasteiger partial charge on any atom is -0.343 e. The van der Waals surface area contributed by atoms with Crippen molar-refractivity contribution < 1.29 is 9.59 Å². The molecule has 0 aromatic heterocycles. The van der Waals surface area contributed by atoms with Gasteiger partial charge in [-0.3, -0.25) is 9.59 Å². The number of halogens is 1. The average molecular weight is 388 g/mol. The number of amides is 2. The molecular formula is C21H26ClN3O2. The Morgan fingerprint density at radius 3 is 2.15 bits per heavy atom. The second-order valence-electron chi connectivity index (χ2n) is 6.73. The van der Waals surface area contributed by atoms with Crippen LogP contribution in [0, 0.1) is 5.92 Å². The minimum absolute atomic E-state index is 0. The van der Waals surface area contributed by atoms with E-state index < -0.39 is 0 Å². The maximum atomic E-state index is 12.5. The predicted molar refractivity (Wildman–Crippen MR) is 110 cm³/mol. The fourth-order valence-corrected chi connectivity index (χ4v) is 3.29. The van der Waals surface area contributed by atoms with E-state index >= 15 is 0 Å². The lowest BCUT2D eigenvalue weighted by molar-refractivity contribution is -0.134. The third-order valence-corrected chi connectivity index (χ3v) is 4.88. The Labute approximate surface area is 166 Å². The molecule has 1 aliphatic heterocycles. The molecule has 1 atom stereocenters. The highest BCUT2D eigenvalue weighted by molar-refractivity contribution is 5.92. The molecule has 1 aliphatic rings. The first-order valence-corrected chi connectivity index (χ1v) is 9.07. The van der Waals surface area contributed by atoms with Gasteiger partial charge in [0.05, 0.1) is 0 Å². The number of para-hydroxylation sites is 1. The number of nitrogens with zero attached hydrogens (tertiary/aromatic N) is 1. The largest absolute Gasteiger partial charge is 0.343 e. The van der Waals surface area contributed by atoms with Gasteiger partial charge in [0, 0.05) is 37.2 Å². The van der Waals surface area contributed by atoms with Crippen molar-refractivity contribution in [3.8, 4) is 0 Å². The van der Waals surface area contributed by atoms with Crippen LogP contribution in [0.1, 0.15) is 30.9 Å². The number of nitrogens with one attached hydrogen (secondary N) is 1. The minimum atomic E-state index is -0.289. The molecular weight excluding hydrogens is 362 g/mol. The summed E-state index contributed by atoms with van der Waals surface area (Å²) >= 11 is 0. The fourth-order valence-electron chi connectivity index (χ4n) is 3.29. The van der Waals surface area contributed by atoms with Gasteiger partial charge in [-0.1, -0.05) is 48.5 Å². The molecule has 1 heterocycles. The van der Waals surface area contributed by atoms with Gasteiger partial charge in [-0.2, -0.15) is 0 Å². The normalized spacial score (nSPS) is 15.5. The summed E-state index contributed by atoms with van der Waals surface area (Å²) in [6.45, 7) is 1.21. The van der Waals surface area contributed by atoms with Gasteiger partial charge in [-0.25, -0.2) is 0 Å². The van der Waals surface area contributed by atoms with E-state index in [-0.39, 0.29) is 36.2 Å². The Morgan fingerprint density at radius 1 is 1.00 bits per heavy atom. The molecule has 3 N–H and O–H groups in total. The van der Waals surface area contributed by atoms with Crippen molar-refractivity contribution in [3.05, 3.63) is 66.2 Å². The van der Waals surface area contributed by atoms with Gasteiger partial charge in [0.2, 0.25) is 11.8 Å². The predicted octanol–water partition coefficient (Wildman–Crippen LogP) is 3.38. The number of benzene rings is 2. The molecule has 2 aromatic rings. The van der Waals surface area contributed by atoms with E-state index in [1.807, 2.05) is 65.6 Å². The number of carbonyl (C=O) groups excluding carboxylic acids is 2. The summed E-state index contributed by atoms with van der Waals surface area (Å²) in [6, 6.07) is 18.8. The summed E-state index contributed by atoms with van der Waals surface area (Å²) in [5.74, 6) is 0.0367. The van der Waals surface area contributed by atoms with E-state index in [2.05, 4.69) is 5.32 Å². The topological polar surface area (TPSA) is 75.4 Å². The van der Waals surface area contributed by atoms with Gasteiger partial charge in [0.25, 0.3) is 0 Å². The molecule has 0 radical (unpaired) electrons. The quantitative estimate of drug-likeness (QED) is 0.825. The zero-order valence-electron chi connectivity index (χ0n) is 15.2. The Balaban J connectivity index is 0.00000261. The number of anilines is 1. The highest BCUT2D eigenvalue weighted by atomic mass is 35.5. The van der Waals surface area contributed by atoms with E-state index in [1.54, 1.807) is 0 Å². The molecule has 2 amide bonds. The summed E-state index contributed by atoms with van der Waals surface area (Å²) in [5, 5.41) is 2.95. The number of rotatable bonds is 5. The van der Waals surface area contributed by atoms with Crippen molar-refractivity contribution in [3.63, 3.8) is 0 Å². The van der Waals surface area contributed by atoms with E-state index in [9.17, 15) is 9.59 Å². The van der Waals surface area contributed by atoms with E-state index in [0.717, 1.165) is 11.3 Å². The van der Waals surface area contributed by atoms with Crippen molar-refractivity contribution in [2.45, 2.75) is 25.3 Å². The maximum Gasteiger partial charge on any atom is 0.227 e. The zero-order chi connectivity index (χ0) is 18.4. The smallest absolute Gasteiger partial charge is 0.227 e. The van der Waals surface area contributed by atoms with Crippen molar-refractivity contribution in [1.82, 2.24) is 4.90 Å². The Hall–Kier alpha value is -2.37. The van der Waals surface area contributed by atoms with Gasteiger partial charge < -0.3 is 16.0 Å². The molecule has 0 aliphatic carbocycles. The molecule has 0 spiro atoms. The Morgan fingerprint density at radius 2 is 1.56 bits per heavy atom. The second-order valence-corrected chi connectivity index (χ2v) is 6.73. The standard InChI is InChI=1S/C21H25N3O2.ClH/c22-19(16-7-3-1-4-8-16)15-20(25)24-13-11-17(12-14-24)21(26)23-18-9-5-2-6-10-18;/h1-10,17,19H,11-15,22H2,(H,23,26);1H. The van der Waals surface area contributed by atoms with Crippen LogP contribution in [0.5, 0.6) is 0 Å². The number of nitrogens with two attached hydrogens (primary N) is 1. The molecule has 6 heteroatoms. The van der Waals surface area contributed by atoms with Crippen LogP contribution in [0.2, 0.25) is 0 Å². The summed E-state index contributed by atoms with van der Waals surface area (Å²) in [5.41, 5.74) is 7.93. The van der Waals surface area contributed by atoms with Crippen molar-refractivity contribution in [1.29, 1.82) is 0 Å². The first-order valence-electron chi connectivity index (χ1n) is 9.07. The van der Waals surface area contributed by atoms with Crippen LogP contribution < -0.4 is 11.1 Å². The number of hydrogen-bond acceptors (Lipinski definition) is 3. The van der Waals surface area contributed by atoms with Gasteiger partial charge in [-0.05, 0) is 30.5 Å². The van der Waals surface area contributed by atoms with Crippen molar-refractivity contribution in [2.24, 2.45) is 11.7 Å². The number of likely N-dealkylation sites (tertiary alicyclic amines) is 1. The summed E-state index contributed by atoms with van der Waals surface area (Å²) in [6.07, 6.45) is 1.67. The van der Waals surface area contributed by atoms with E-state index in [4.69, 9.17) is 5.73 Å². The highest BCUT2D eigenvalue weighted by Gasteiger charge is 2.28. The Kier molecular flexibility index (Phi) is 7.82. The second kappa shape index (κ2) is 10.1. The summed E-state index contributed by atoms with van der Waals surface area (Å²) < 4.78 is 0. The molecule has 27 heavy (non-hydrogen) atoms. The highest BCUT2D eigenvalue weighted by Crippen LogP contribution is 2.22. The monoisotopic (exact) mass is 387 g/mol. The number of piperidine rings is 1. The van der Waals surface area contributed by atoms with E-state index in [1.165, 1.54) is 0 Å². The summed E-state index contributed by atoms with van der Waals surface area (Å²) in [4.78, 5) is 26.7. The van der Waals surface area contributed by atoms with Gasteiger partial charge in [-0.15, -0.1) is 12.4 Å². The molecule has 5 nitrogen and oxygen atoms in total. The Bertz CT molecular complexity index is 732. The lowest BCUT2D eigenvalue weighted by Gasteiger charge is -2.32. The van der Waals surface area contributed by atoms with Crippen LogP contribution in [0.3, 0.4) is 0 Å². The third-order valence-electron chi connectivity index (χ3n) is 4.88. The van der Waals surface area contributed by atoms with Crippen LogP contribution in [0.25, 0.3) is 0 Å². The van der Waals surface area contributed by atoms with Gasteiger partial charge >= 0.3 is 0 Å². The molecule has 1 fully saturated rings. The van der Waals surface area contributed by atoms with E-state index in [0.29, 0.717) is 32.4 Å². The fraction of sp³-hybridized carbons (Fsp3) is 0.333. The molecule has 2 aromatic carbocycles. The molecule has 1 unspecified atom stereocenters. The first kappa shape index (κ1) is 20.9. The molecule has 0 saturated carbocycles.